The third-order valence-corrected chi connectivity index (χ3v) is 7.57. The summed E-state index contributed by atoms with van der Waals surface area (Å²) in [6.07, 6.45) is 0. The summed E-state index contributed by atoms with van der Waals surface area (Å²) in [5, 5.41) is 5.09. The van der Waals surface area contributed by atoms with Gasteiger partial charge < -0.3 is 9.40 Å². The molecule has 6 heterocycles. The van der Waals surface area contributed by atoms with Gasteiger partial charge in [0.15, 0.2) is 16.2 Å². The Labute approximate surface area is 150 Å². The van der Waals surface area contributed by atoms with Crippen molar-refractivity contribution in [3.63, 3.8) is 0 Å². The van der Waals surface area contributed by atoms with E-state index < -0.39 is 0 Å². The number of aromatic amines is 1. The van der Waals surface area contributed by atoms with Crippen LogP contribution in [-0.4, -0.2) is 19.9 Å². The van der Waals surface area contributed by atoms with E-state index in [9.17, 15) is 0 Å². The summed E-state index contributed by atoms with van der Waals surface area (Å²) in [7, 11) is 0. The third kappa shape index (κ3) is 1.86. The molecule has 116 valence electrons. The topological polar surface area (TPSA) is 67.6 Å². The first-order chi connectivity index (χ1) is 11.8. The summed E-state index contributed by atoms with van der Waals surface area (Å²) >= 11 is 6.60. The van der Waals surface area contributed by atoms with Crippen LogP contribution >= 0.6 is 45.3 Å². The molecule has 0 unspecified atom stereocenters. The fourth-order valence-electron chi connectivity index (χ4n) is 2.56. The maximum atomic E-state index is 5.74. The highest BCUT2D eigenvalue weighted by molar-refractivity contribution is 7.30. The van der Waals surface area contributed by atoms with E-state index in [1.807, 2.05) is 11.4 Å². The molecule has 24 heavy (non-hydrogen) atoms. The van der Waals surface area contributed by atoms with Crippen LogP contribution in [0.1, 0.15) is 0 Å². The molecule has 0 spiro atoms. The van der Waals surface area contributed by atoms with E-state index in [0.29, 0.717) is 11.7 Å². The number of nitrogens with zero attached hydrogens (tertiary/aromatic N) is 3. The number of hydrogen-bond donors (Lipinski definition) is 1. The Morgan fingerprint density at radius 2 is 1.83 bits per heavy atom. The van der Waals surface area contributed by atoms with E-state index in [1.165, 1.54) is 4.70 Å². The molecule has 0 saturated carbocycles. The van der Waals surface area contributed by atoms with E-state index in [2.05, 4.69) is 32.5 Å². The van der Waals surface area contributed by atoms with Crippen molar-refractivity contribution < 1.29 is 4.42 Å². The van der Waals surface area contributed by atoms with Gasteiger partial charge in [0.1, 0.15) is 14.7 Å². The number of oxazole rings is 1. The van der Waals surface area contributed by atoms with Crippen molar-refractivity contribution in [2.45, 2.75) is 0 Å². The van der Waals surface area contributed by atoms with Gasteiger partial charge in [0, 0.05) is 0 Å². The molecule has 0 amide bonds. The van der Waals surface area contributed by atoms with Crippen LogP contribution in [0.2, 0.25) is 0 Å². The molecule has 0 fully saturated rings. The van der Waals surface area contributed by atoms with Crippen LogP contribution in [0.15, 0.2) is 33.4 Å². The second-order valence-corrected chi connectivity index (χ2v) is 8.98. The number of imidazole rings is 1. The molecule has 6 aromatic rings. The molecule has 6 rings (SSSR count). The quantitative estimate of drug-likeness (QED) is 0.406. The molecule has 0 radical (unpaired) electrons. The molecule has 0 saturated heterocycles. The third-order valence-electron chi connectivity index (χ3n) is 3.63. The van der Waals surface area contributed by atoms with Gasteiger partial charge in [0.05, 0.1) is 15.1 Å². The van der Waals surface area contributed by atoms with E-state index in [-0.39, 0.29) is 0 Å². The highest BCUT2D eigenvalue weighted by atomic mass is 32.1. The number of rotatable bonds is 2. The Kier molecular flexibility index (Phi) is 2.61. The summed E-state index contributed by atoms with van der Waals surface area (Å²) in [6, 6.07) is 6.14. The molecule has 0 aliphatic heterocycles. The lowest BCUT2D eigenvalue weighted by Crippen LogP contribution is -1.79. The molecule has 9 heteroatoms. The van der Waals surface area contributed by atoms with Gasteiger partial charge in [-0.1, -0.05) is 0 Å². The van der Waals surface area contributed by atoms with Crippen LogP contribution in [0.4, 0.5) is 0 Å². The normalized spacial score (nSPS) is 12.2. The Bertz CT molecular complexity index is 1140. The Hall–Kier alpha value is -2.07. The highest BCUT2D eigenvalue weighted by Crippen LogP contribution is 2.39. The fourth-order valence-corrected chi connectivity index (χ4v) is 6.22. The van der Waals surface area contributed by atoms with Crippen LogP contribution in [0.25, 0.3) is 51.9 Å². The van der Waals surface area contributed by atoms with E-state index in [0.717, 1.165) is 35.5 Å². The Morgan fingerprint density at radius 1 is 0.917 bits per heavy atom. The number of aromatic nitrogens is 4. The number of nitrogens with one attached hydrogen (secondary N) is 1. The van der Waals surface area contributed by atoms with E-state index >= 15 is 0 Å². The minimum atomic E-state index is 0.538. The van der Waals surface area contributed by atoms with Gasteiger partial charge in [-0.2, -0.15) is 4.98 Å². The average molecular weight is 387 g/mol. The van der Waals surface area contributed by atoms with Crippen molar-refractivity contribution in [3.05, 3.63) is 29.0 Å². The van der Waals surface area contributed by atoms with Crippen molar-refractivity contribution in [1.29, 1.82) is 0 Å². The number of H-pyrrole nitrogens is 1. The zero-order valence-corrected chi connectivity index (χ0v) is 15.0. The molecule has 0 aliphatic carbocycles. The predicted molar refractivity (Wildman–Crippen MR) is 101 cm³/mol. The van der Waals surface area contributed by atoms with Crippen molar-refractivity contribution in [2.75, 3.05) is 0 Å². The van der Waals surface area contributed by atoms with Gasteiger partial charge in [-0.25, -0.2) is 9.97 Å². The molecule has 0 atom stereocenters. The molecule has 1 N–H and O–H groups in total. The number of fused-ring (bicyclic) bond motifs is 3. The SMILES string of the molecule is c1cc2oc(-c3nc4sc(-c5nc6sccc6s5)cc4[nH]3)nc2s1. The Morgan fingerprint density at radius 3 is 2.71 bits per heavy atom. The van der Waals surface area contributed by atoms with Gasteiger partial charge in [0.2, 0.25) is 0 Å². The zero-order chi connectivity index (χ0) is 15.7. The van der Waals surface area contributed by atoms with Crippen LogP contribution < -0.4 is 0 Å². The maximum Gasteiger partial charge on any atom is 0.264 e. The van der Waals surface area contributed by atoms with Crippen molar-refractivity contribution in [1.82, 2.24) is 19.9 Å². The van der Waals surface area contributed by atoms with Crippen LogP contribution in [0.3, 0.4) is 0 Å². The lowest BCUT2D eigenvalue weighted by Gasteiger charge is -1.88. The second-order valence-electron chi connectivity index (χ2n) is 5.13. The maximum absolute atomic E-state index is 5.74. The number of thiazole rings is 1. The van der Waals surface area contributed by atoms with Gasteiger partial charge in [0.25, 0.3) is 5.89 Å². The minimum Gasteiger partial charge on any atom is -0.433 e. The van der Waals surface area contributed by atoms with Crippen LogP contribution in [-0.2, 0) is 0 Å². The smallest absolute Gasteiger partial charge is 0.264 e. The first-order valence-electron chi connectivity index (χ1n) is 7.02. The first-order valence-corrected chi connectivity index (χ1v) is 10.4. The van der Waals surface area contributed by atoms with Gasteiger partial charge >= 0.3 is 0 Å². The molecule has 5 nitrogen and oxygen atoms in total. The van der Waals surface area contributed by atoms with Gasteiger partial charge in [-0.05, 0) is 29.0 Å². The zero-order valence-electron chi connectivity index (χ0n) is 11.8. The van der Waals surface area contributed by atoms with E-state index in [1.54, 1.807) is 45.3 Å². The molecule has 6 aromatic heterocycles. The van der Waals surface area contributed by atoms with E-state index in [4.69, 9.17) is 9.40 Å². The fraction of sp³-hybridized carbons (Fsp3) is 0. The van der Waals surface area contributed by atoms with Gasteiger partial charge in [-0.15, -0.1) is 45.3 Å². The number of thiophene rings is 3. The second kappa shape index (κ2) is 4.73. The molecular formula is C15H6N4OS4. The number of hydrogen-bond acceptors (Lipinski definition) is 8. The predicted octanol–water partition coefficient (Wildman–Crippen LogP) is 5.83. The first kappa shape index (κ1) is 13.2. The highest BCUT2D eigenvalue weighted by Gasteiger charge is 2.17. The largest absolute Gasteiger partial charge is 0.433 e. The van der Waals surface area contributed by atoms with Crippen LogP contribution in [0, 0.1) is 0 Å². The molecule has 0 bridgehead atoms. The average Bonchev–Trinajstić information content (AvgIpc) is 3.31. The summed E-state index contributed by atoms with van der Waals surface area (Å²) in [5.74, 6) is 1.21. The van der Waals surface area contributed by atoms with Crippen molar-refractivity contribution in [2.24, 2.45) is 0 Å². The lowest BCUT2D eigenvalue weighted by molar-refractivity contribution is 0.615. The van der Waals surface area contributed by atoms with Crippen molar-refractivity contribution in [3.8, 4) is 21.6 Å². The van der Waals surface area contributed by atoms with Crippen LogP contribution in [0.5, 0.6) is 0 Å². The monoisotopic (exact) mass is 386 g/mol. The summed E-state index contributed by atoms with van der Waals surface area (Å²) in [4.78, 5) is 21.2. The Balaban J connectivity index is 1.45. The molecule has 0 aromatic carbocycles. The standard InChI is InChI=1S/C15H6N4OS4/c1-3-21-13-7(1)20-11(18-13)10-16-6-5-9(24-12(6)17-10)15-19-14-8(23-15)2-4-22-14/h1-5H,(H,16,17). The van der Waals surface area contributed by atoms with Crippen molar-refractivity contribution >= 4 is 75.6 Å². The summed E-state index contributed by atoms with van der Waals surface area (Å²) in [6.45, 7) is 0. The molecular weight excluding hydrogens is 380 g/mol. The van der Waals surface area contributed by atoms with Gasteiger partial charge in [-0.3, -0.25) is 0 Å². The molecule has 0 aliphatic rings. The lowest BCUT2D eigenvalue weighted by atomic mass is 10.4. The summed E-state index contributed by atoms with van der Waals surface area (Å²) < 4.78 is 6.98. The summed E-state index contributed by atoms with van der Waals surface area (Å²) in [5.41, 5.74) is 1.79. The minimum absolute atomic E-state index is 0.538.